The van der Waals surface area contributed by atoms with E-state index in [1.165, 1.54) is 0 Å². The molecule has 132 valence electrons. The zero-order valence-corrected chi connectivity index (χ0v) is 15.6. The van der Waals surface area contributed by atoms with Gasteiger partial charge in [0.15, 0.2) is 0 Å². The Balaban J connectivity index is 1.93. The number of nitrogens with zero attached hydrogens (tertiary/aromatic N) is 5. The normalized spacial score (nSPS) is 25.7. The highest BCUT2D eigenvalue weighted by Crippen LogP contribution is 2.24. The van der Waals surface area contributed by atoms with E-state index in [-0.39, 0.29) is 11.9 Å². The van der Waals surface area contributed by atoms with Gasteiger partial charge in [-0.05, 0) is 25.8 Å². The number of hydrazine groups is 1. The molecule has 0 aromatic carbocycles. The first-order valence-corrected chi connectivity index (χ1v) is 8.82. The van der Waals surface area contributed by atoms with Crippen LogP contribution < -0.4 is 0 Å². The van der Waals surface area contributed by atoms with Gasteiger partial charge in [-0.3, -0.25) is 14.7 Å². The van der Waals surface area contributed by atoms with Crippen molar-refractivity contribution in [2.45, 2.75) is 32.2 Å². The third-order valence-electron chi connectivity index (χ3n) is 5.13. The van der Waals surface area contributed by atoms with Gasteiger partial charge >= 0.3 is 0 Å². The van der Waals surface area contributed by atoms with E-state index in [4.69, 9.17) is 12.6 Å². The van der Waals surface area contributed by atoms with Gasteiger partial charge in [0.05, 0.1) is 40.6 Å². The molecule has 2 aliphatic rings. The minimum absolute atomic E-state index is 0.0289. The Labute approximate surface area is 143 Å². The average molecular weight is 323 g/mol. The summed E-state index contributed by atoms with van der Waals surface area (Å²) in [6.45, 7) is 11.5. The summed E-state index contributed by atoms with van der Waals surface area (Å²) in [5.74, 6) is 0.509. The summed E-state index contributed by atoms with van der Waals surface area (Å²) in [6.07, 6.45) is 1.21. The fourth-order valence-electron chi connectivity index (χ4n) is 3.51. The number of methoxy groups -OCH3 is 1. The van der Waals surface area contributed by atoms with Crippen LogP contribution in [0.2, 0.25) is 5.82 Å². The van der Waals surface area contributed by atoms with Gasteiger partial charge in [-0.2, -0.15) is 0 Å². The Morgan fingerprint density at radius 2 is 1.83 bits per heavy atom. The molecule has 2 fully saturated rings. The molecule has 2 aliphatic heterocycles. The molecule has 7 heteroatoms. The molecular weight excluding hydrogens is 289 g/mol. The summed E-state index contributed by atoms with van der Waals surface area (Å²) in [5.41, 5.74) is 0. The molecule has 0 spiro atoms. The summed E-state index contributed by atoms with van der Waals surface area (Å²) in [4.78, 5) is 7.14. The van der Waals surface area contributed by atoms with Gasteiger partial charge < -0.3 is 4.74 Å². The number of ether oxygens (including phenoxy) is 1. The van der Waals surface area contributed by atoms with Gasteiger partial charge in [0.1, 0.15) is 0 Å². The quantitative estimate of drug-likeness (QED) is 0.575. The van der Waals surface area contributed by atoms with E-state index in [9.17, 15) is 0 Å². The second-order valence-electron chi connectivity index (χ2n) is 7.34. The topological polar surface area (TPSA) is 25.4 Å². The van der Waals surface area contributed by atoms with E-state index in [1.807, 2.05) is 0 Å². The second-order valence-corrected chi connectivity index (χ2v) is 7.34. The lowest BCUT2D eigenvalue weighted by Gasteiger charge is -2.49. The summed E-state index contributed by atoms with van der Waals surface area (Å²) >= 11 is 0. The van der Waals surface area contributed by atoms with E-state index in [0.717, 1.165) is 52.7 Å². The van der Waals surface area contributed by atoms with Gasteiger partial charge in [-0.15, -0.1) is 0 Å². The monoisotopic (exact) mass is 323 g/mol. The van der Waals surface area contributed by atoms with Crippen molar-refractivity contribution in [1.29, 1.82) is 0 Å². The standard InChI is InChI=1S/C16H34BN5O/c1-6-14(2)16(23-5)15(17)9-21(22-11-19(4)12-22)13-20-8-7-18(3)10-20/h14-16H,6-13H2,1-5H3. The predicted molar refractivity (Wildman–Crippen MR) is 94.9 cm³/mol. The average Bonchev–Trinajstić information content (AvgIpc) is 2.89. The minimum Gasteiger partial charge on any atom is -0.382 e. The highest BCUT2D eigenvalue weighted by atomic mass is 16.5. The Hall–Kier alpha value is -0.175. The maximum atomic E-state index is 6.52. The number of hydrogen-bond acceptors (Lipinski definition) is 6. The first kappa shape index (κ1) is 19.2. The van der Waals surface area contributed by atoms with Crippen molar-refractivity contribution in [1.82, 2.24) is 24.7 Å². The largest absolute Gasteiger partial charge is 0.382 e. The van der Waals surface area contributed by atoms with Crippen LogP contribution in [-0.2, 0) is 4.74 Å². The molecule has 0 amide bonds. The Morgan fingerprint density at radius 1 is 1.13 bits per heavy atom. The Morgan fingerprint density at radius 3 is 2.30 bits per heavy atom. The SMILES string of the molecule is [B]C(CN(CN1CCN(C)C1)N1CN(C)C1)C(OC)C(C)CC. The smallest absolute Gasteiger partial charge is 0.0753 e. The van der Waals surface area contributed by atoms with Crippen molar-refractivity contribution in [3.05, 3.63) is 0 Å². The van der Waals surface area contributed by atoms with Crippen LogP contribution in [0, 0.1) is 5.92 Å². The zero-order chi connectivity index (χ0) is 17.0. The second kappa shape index (κ2) is 8.78. The molecule has 3 unspecified atom stereocenters. The van der Waals surface area contributed by atoms with Gasteiger partial charge in [0, 0.05) is 26.7 Å². The molecular formula is C16H34BN5O. The molecule has 2 radical (unpaired) electrons. The first-order valence-electron chi connectivity index (χ1n) is 8.82. The molecule has 6 nitrogen and oxygen atoms in total. The van der Waals surface area contributed by atoms with Gasteiger partial charge in [-0.1, -0.05) is 20.3 Å². The maximum absolute atomic E-state index is 6.52. The molecule has 0 aromatic rings. The summed E-state index contributed by atoms with van der Waals surface area (Å²) in [5, 5.41) is 4.81. The van der Waals surface area contributed by atoms with Crippen LogP contribution in [0.3, 0.4) is 0 Å². The molecule has 0 saturated carbocycles. The molecule has 2 rings (SSSR count). The lowest BCUT2D eigenvalue weighted by atomic mass is 9.76. The molecule has 0 N–H and O–H groups in total. The van der Waals surface area contributed by atoms with Crippen molar-refractivity contribution >= 4 is 7.85 Å². The van der Waals surface area contributed by atoms with E-state index >= 15 is 0 Å². The summed E-state index contributed by atoms with van der Waals surface area (Å²) in [7, 11) is 12.6. The number of hydrogen-bond donors (Lipinski definition) is 0. The van der Waals surface area contributed by atoms with E-state index in [1.54, 1.807) is 7.11 Å². The molecule has 2 saturated heterocycles. The van der Waals surface area contributed by atoms with Crippen LogP contribution in [0.15, 0.2) is 0 Å². The van der Waals surface area contributed by atoms with Crippen molar-refractivity contribution in [3.63, 3.8) is 0 Å². The Kier molecular flexibility index (Phi) is 7.32. The first-order chi connectivity index (χ1) is 10.9. The number of likely N-dealkylation sites (N-methyl/N-ethyl adjacent to an activating group) is 1. The molecule has 2 heterocycles. The fraction of sp³-hybridized carbons (Fsp3) is 1.00. The van der Waals surface area contributed by atoms with Crippen molar-refractivity contribution in [2.75, 3.05) is 67.5 Å². The lowest BCUT2D eigenvalue weighted by Crippen LogP contribution is -2.63. The van der Waals surface area contributed by atoms with Crippen LogP contribution in [-0.4, -0.2) is 106 Å². The minimum atomic E-state index is 0.0289. The molecule has 0 bridgehead atoms. The molecule has 3 atom stereocenters. The van der Waals surface area contributed by atoms with Crippen molar-refractivity contribution < 1.29 is 4.74 Å². The highest BCUT2D eigenvalue weighted by Gasteiger charge is 2.32. The predicted octanol–water partition coefficient (Wildman–Crippen LogP) is 0.546. The van der Waals surface area contributed by atoms with E-state index in [0.29, 0.717) is 5.92 Å². The lowest BCUT2D eigenvalue weighted by molar-refractivity contribution is -0.182. The van der Waals surface area contributed by atoms with Gasteiger partial charge in [0.25, 0.3) is 0 Å². The summed E-state index contributed by atoms with van der Waals surface area (Å²) < 4.78 is 5.70. The van der Waals surface area contributed by atoms with Gasteiger partial charge in [0.2, 0.25) is 0 Å². The van der Waals surface area contributed by atoms with Crippen LogP contribution in [0.1, 0.15) is 20.3 Å². The molecule has 0 aromatic heterocycles. The Bertz CT molecular complexity index is 355. The highest BCUT2D eigenvalue weighted by molar-refractivity contribution is 6.12. The maximum Gasteiger partial charge on any atom is 0.0753 e. The summed E-state index contributed by atoms with van der Waals surface area (Å²) in [6, 6.07) is 0. The zero-order valence-electron chi connectivity index (χ0n) is 15.6. The van der Waals surface area contributed by atoms with Crippen molar-refractivity contribution in [2.24, 2.45) is 5.92 Å². The van der Waals surface area contributed by atoms with Crippen LogP contribution >= 0.6 is 0 Å². The van der Waals surface area contributed by atoms with E-state index < -0.39 is 0 Å². The number of rotatable bonds is 9. The van der Waals surface area contributed by atoms with Crippen LogP contribution in [0.25, 0.3) is 0 Å². The van der Waals surface area contributed by atoms with Gasteiger partial charge in [-0.25, -0.2) is 10.0 Å². The molecule has 23 heavy (non-hydrogen) atoms. The third-order valence-corrected chi connectivity index (χ3v) is 5.13. The van der Waals surface area contributed by atoms with Crippen LogP contribution in [0.4, 0.5) is 0 Å². The third kappa shape index (κ3) is 5.15. The fourth-order valence-corrected chi connectivity index (χ4v) is 3.51. The van der Waals surface area contributed by atoms with Crippen LogP contribution in [0.5, 0.6) is 0 Å². The van der Waals surface area contributed by atoms with E-state index in [2.05, 4.69) is 52.7 Å². The van der Waals surface area contributed by atoms with Crippen molar-refractivity contribution in [3.8, 4) is 0 Å². The molecule has 0 aliphatic carbocycles.